The number of hydrogen-bond donors (Lipinski definition) is 1. The fraction of sp³-hybridized carbons (Fsp3) is 0.278. The van der Waals surface area contributed by atoms with E-state index in [2.05, 4.69) is 5.32 Å². The summed E-state index contributed by atoms with van der Waals surface area (Å²) in [5.74, 6) is -0.0667. The van der Waals surface area contributed by atoms with Crippen LogP contribution in [0.4, 0.5) is 10.1 Å². The van der Waals surface area contributed by atoms with Gasteiger partial charge in [0, 0.05) is 5.69 Å². The van der Waals surface area contributed by atoms with Gasteiger partial charge in [0.25, 0.3) is 5.91 Å². The Morgan fingerprint density at radius 2 is 1.86 bits per heavy atom. The maximum absolute atomic E-state index is 12.9. The zero-order valence-electron chi connectivity index (χ0n) is 13.0. The van der Waals surface area contributed by atoms with Crippen LogP contribution in [0.25, 0.3) is 0 Å². The molecule has 0 unspecified atom stereocenters. The van der Waals surface area contributed by atoms with Gasteiger partial charge >= 0.3 is 0 Å². The number of aryl methyl sites for hydroxylation is 2. The molecule has 116 valence electrons. The van der Waals surface area contributed by atoms with Gasteiger partial charge in [0.1, 0.15) is 11.6 Å². The van der Waals surface area contributed by atoms with Crippen LogP contribution in [0.3, 0.4) is 0 Å². The van der Waals surface area contributed by atoms with Crippen molar-refractivity contribution < 1.29 is 13.9 Å². The number of anilines is 1. The van der Waals surface area contributed by atoms with Crippen LogP contribution in [0.1, 0.15) is 24.5 Å². The summed E-state index contributed by atoms with van der Waals surface area (Å²) in [4.78, 5) is 12.3. The summed E-state index contributed by atoms with van der Waals surface area (Å²) in [6.45, 7) is 5.82. The average molecular weight is 301 g/mol. The Morgan fingerprint density at radius 3 is 2.45 bits per heavy atom. The average Bonchev–Trinajstić information content (AvgIpc) is 2.49. The lowest BCUT2D eigenvalue weighted by Gasteiger charge is -2.18. The molecule has 2 rings (SSSR count). The van der Waals surface area contributed by atoms with Crippen molar-refractivity contribution in [2.45, 2.75) is 33.3 Å². The molecule has 0 aliphatic heterocycles. The zero-order chi connectivity index (χ0) is 16.1. The van der Waals surface area contributed by atoms with Crippen LogP contribution in [0.5, 0.6) is 5.75 Å². The Labute approximate surface area is 130 Å². The summed E-state index contributed by atoms with van der Waals surface area (Å²) in [5.41, 5.74) is 2.92. The van der Waals surface area contributed by atoms with Crippen LogP contribution < -0.4 is 10.1 Å². The lowest BCUT2D eigenvalue weighted by atomic mass is 10.1. The number of benzene rings is 2. The standard InChI is InChI=1S/C18H20FNO2/c1-4-17(22-15-8-6-14(19)7-9-15)18(21)20-16-10-5-12(2)11-13(16)3/h5-11,17H,4H2,1-3H3,(H,20,21)/t17-/m1/s1. The highest BCUT2D eigenvalue weighted by Crippen LogP contribution is 2.19. The predicted molar refractivity (Wildman–Crippen MR) is 85.7 cm³/mol. The van der Waals surface area contributed by atoms with E-state index in [0.717, 1.165) is 16.8 Å². The number of ether oxygens (including phenoxy) is 1. The van der Waals surface area contributed by atoms with E-state index >= 15 is 0 Å². The third-order valence-corrected chi connectivity index (χ3v) is 3.39. The van der Waals surface area contributed by atoms with Crippen LogP contribution >= 0.6 is 0 Å². The largest absolute Gasteiger partial charge is 0.481 e. The molecule has 4 heteroatoms. The minimum absolute atomic E-state index is 0.209. The van der Waals surface area contributed by atoms with Crippen LogP contribution in [0.15, 0.2) is 42.5 Å². The molecule has 0 aromatic heterocycles. The van der Waals surface area contributed by atoms with Gasteiger partial charge in [-0.2, -0.15) is 0 Å². The molecule has 0 bridgehead atoms. The molecule has 1 atom stereocenters. The molecule has 2 aromatic rings. The maximum atomic E-state index is 12.9. The first kappa shape index (κ1) is 16.0. The molecule has 22 heavy (non-hydrogen) atoms. The second kappa shape index (κ2) is 7.07. The van der Waals surface area contributed by atoms with Crippen molar-refractivity contribution in [3.05, 3.63) is 59.4 Å². The summed E-state index contributed by atoms with van der Waals surface area (Å²) in [7, 11) is 0. The van der Waals surface area contributed by atoms with E-state index in [1.807, 2.05) is 39.0 Å². The summed E-state index contributed by atoms with van der Waals surface area (Å²) >= 11 is 0. The van der Waals surface area contributed by atoms with E-state index in [1.165, 1.54) is 24.3 Å². The van der Waals surface area contributed by atoms with Gasteiger partial charge in [-0.15, -0.1) is 0 Å². The lowest BCUT2D eigenvalue weighted by Crippen LogP contribution is -2.32. The highest BCUT2D eigenvalue weighted by molar-refractivity contribution is 5.95. The molecule has 0 radical (unpaired) electrons. The highest BCUT2D eigenvalue weighted by Gasteiger charge is 2.19. The summed E-state index contributed by atoms with van der Waals surface area (Å²) in [5, 5.41) is 2.88. The monoisotopic (exact) mass is 301 g/mol. The SMILES string of the molecule is CC[C@@H](Oc1ccc(F)cc1)C(=O)Nc1ccc(C)cc1C. The Balaban J connectivity index is 2.06. The summed E-state index contributed by atoms with van der Waals surface area (Å²) in [6, 6.07) is 11.5. The molecule has 0 saturated carbocycles. The smallest absolute Gasteiger partial charge is 0.265 e. The Bertz CT molecular complexity index is 653. The van der Waals surface area contributed by atoms with Gasteiger partial charge in [-0.05, 0) is 56.2 Å². The molecular formula is C18H20FNO2. The third-order valence-electron chi connectivity index (χ3n) is 3.39. The van der Waals surface area contributed by atoms with Crippen molar-refractivity contribution in [1.29, 1.82) is 0 Å². The van der Waals surface area contributed by atoms with E-state index in [-0.39, 0.29) is 11.7 Å². The molecule has 1 amide bonds. The number of carbonyl (C=O) groups is 1. The molecule has 3 nitrogen and oxygen atoms in total. The second-order valence-corrected chi connectivity index (χ2v) is 5.28. The van der Waals surface area contributed by atoms with Gasteiger partial charge in [-0.3, -0.25) is 4.79 Å². The number of rotatable bonds is 5. The Hall–Kier alpha value is -2.36. The van der Waals surface area contributed by atoms with Crippen molar-refractivity contribution in [2.75, 3.05) is 5.32 Å². The summed E-state index contributed by atoms with van der Waals surface area (Å²) < 4.78 is 18.5. The van der Waals surface area contributed by atoms with Gasteiger partial charge in [-0.25, -0.2) is 4.39 Å². The van der Waals surface area contributed by atoms with Crippen LogP contribution in [0.2, 0.25) is 0 Å². The quantitative estimate of drug-likeness (QED) is 0.897. The second-order valence-electron chi connectivity index (χ2n) is 5.28. The van der Waals surface area contributed by atoms with Crippen molar-refractivity contribution in [2.24, 2.45) is 0 Å². The number of amides is 1. The van der Waals surface area contributed by atoms with Gasteiger partial charge in [0.2, 0.25) is 0 Å². The topological polar surface area (TPSA) is 38.3 Å². The molecule has 0 fully saturated rings. The summed E-state index contributed by atoms with van der Waals surface area (Å²) in [6.07, 6.45) is -0.0973. The normalized spacial score (nSPS) is 11.8. The number of hydrogen-bond acceptors (Lipinski definition) is 2. The maximum Gasteiger partial charge on any atom is 0.265 e. The molecule has 0 aliphatic rings. The van der Waals surface area contributed by atoms with Crippen LogP contribution in [-0.4, -0.2) is 12.0 Å². The van der Waals surface area contributed by atoms with Gasteiger partial charge in [0.05, 0.1) is 0 Å². The zero-order valence-corrected chi connectivity index (χ0v) is 13.0. The molecule has 0 heterocycles. The fourth-order valence-electron chi connectivity index (χ4n) is 2.17. The molecule has 0 saturated heterocycles. The number of carbonyl (C=O) groups excluding carboxylic acids is 1. The van der Waals surface area contributed by atoms with Crippen LogP contribution in [-0.2, 0) is 4.79 Å². The highest BCUT2D eigenvalue weighted by atomic mass is 19.1. The van der Waals surface area contributed by atoms with E-state index in [9.17, 15) is 9.18 Å². The lowest BCUT2D eigenvalue weighted by molar-refractivity contribution is -0.122. The molecule has 1 N–H and O–H groups in total. The van der Waals surface area contributed by atoms with E-state index in [4.69, 9.17) is 4.74 Å². The van der Waals surface area contributed by atoms with Gasteiger partial charge < -0.3 is 10.1 Å². The number of nitrogens with one attached hydrogen (secondary N) is 1. The first-order valence-corrected chi connectivity index (χ1v) is 7.30. The molecule has 0 spiro atoms. The minimum atomic E-state index is -0.619. The van der Waals surface area contributed by atoms with E-state index in [1.54, 1.807) is 0 Å². The third kappa shape index (κ3) is 4.07. The molecular weight excluding hydrogens is 281 g/mol. The minimum Gasteiger partial charge on any atom is -0.481 e. The molecule has 0 aliphatic carbocycles. The first-order chi connectivity index (χ1) is 10.5. The van der Waals surface area contributed by atoms with Gasteiger partial charge in [-0.1, -0.05) is 24.6 Å². The van der Waals surface area contributed by atoms with Crippen LogP contribution in [0, 0.1) is 19.7 Å². The van der Waals surface area contributed by atoms with Crippen molar-refractivity contribution in [1.82, 2.24) is 0 Å². The Kier molecular flexibility index (Phi) is 5.15. The predicted octanol–water partition coefficient (Wildman–Crippen LogP) is 4.24. The first-order valence-electron chi connectivity index (χ1n) is 7.30. The van der Waals surface area contributed by atoms with Gasteiger partial charge in [0.15, 0.2) is 6.10 Å². The Morgan fingerprint density at radius 1 is 1.18 bits per heavy atom. The van der Waals surface area contributed by atoms with E-state index in [0.29, 0.717) is 12.2 Å². The fourth-order valence-corrected chi connectivity index (χ4v) is 2.17. The van der Waals surface area contributed by atoms with Crippen molar-refractivity contribution in [3.8, 4) is 5.75 Å². The molecule has 2 aromatic carbocycles. The van der Waals surface area contributed by atoms with E-state index < -0.39 is 6.10 Å². The van der Waals surface area contributed by atoms with Crippen molar-refractivity contribution in [3.63, 3.8) is 0 Å². The van der Waals surface area contributed by atoms with Crippen molar-refractivity contribution >= 4 is 11.6 Å². The number of halogens is 1.